The molecule has 0 bridgehead atoms. The van der Waals surface area contributed by atoms with Gasteiger partial charge in [-0.05, 0) is 87.4 Å². The van der Waals surface area contributed by atoms with Gasteiger partial charge in [0.25, 0.3) is 18.5 Å². The second kappa shape index (κ2) is 14.3. The summed E-state index contributed by atoms with van der Waals surface area (Å²) in [7, 11) is 0. The standard InChI is InChI=1S/C20H21NO6S.C16H14O4S.2CH4/c1-10-7-15(26-18(10)23)25-9-13-12-8-14-11(5-6-28-14)16(12)21(17(13)22)19(24)27-20(2,3)4;1-8-4-15(20-16(8)18)19-7-12-11-6-14-9(2-3-21-14)10(11)5-13(12)17;;/h5-7,9,12,15-16H,8H2,1-4H3;2-4,7,10-11,15H,5-6H2,1H3;2*1H4/b13-9+;12-7+;;/t12-,15+,16-;10-,11+,15+;;/m11../s1. The van der Waals surface area contributed by atoms with Gasteiger partial charge in [-0.1, -0.05) is 14.9 Å². The summed E-state index contributed by atoms with van der Waals surface area (Å²) in [5, 5.41) is 4.05. The van der Waals surface area contributed by atoms with Crippen molar-refractivity contribution in [3.63, 3.8) is 0 Å². The molecule has 5 heterocycles. The number of carbonyl (C=O) groups is 5. The number of rotatable bonds is 4. The van der Waals surface area contributed by atoms with Crippen LogP contribution in [0.1, 0.15) is 88.7 Å². The average Bonchev–Trinajstić information content (AvgIpc) is 3.87. The monoisotopic (exact) mass is 737 g/mol. The van der Waals surface area contributed by atoms with Crippen molar-refractivity contribution in [2.75, 3.05) is 0 Å². The van der Waals surface area contributed by atoms with Crippen molar-refractivity contribution in [2.24, 2.45) is 11.8 Å². The normalized spacial score (nSPS) is 28.4. The molecule has 3 aliphatic heterocycles. The molecule has 6 atom stereocenters. The summed E-state index contributed by atoms with van der Waals surface area (Å²) in [6.07, 6.45) is 5.90. The second-order valence-electron chi connectivity index (χ2n) is 13.7. The van der Waals surface area contributed by atoms with E-state index in [1.807, 2.05) is 11.4 Å². The van der Waals surface area contributed by atoms with Gasteiger partial charge in [0, 0.05) is 56.9 Å². The lowest BCUT2D eigenvalue weighted by Gasteiger charge is -2.26. The Bertz CT molecular complexity index is 1890. The van der Waals surface area contributed by atoms with Crippen LogP contribution in [-0.4, -0.2) is 52.8 Å². The SMILES string of the molecule is C.C.CC1=C[C@@H](O/C=C2/C(=O)C[C@@H]3c4ccsc4C[C@H]23)OC1=O.CC1=C[C@@H](O/C=C2/C(=O)N(C(=O)OC(C)(C)C)[C@@H]3c4ccsc4C[C@H]23)OC1=O. The number of likely N-dealkylation sites (tertiary alicyclic amines) is 1. The number of carbonyl (C=O) groups excluding carboxylic acids is 5. The summed E-state index contributed by atoms with van der Waals surface area (Å²) in [6.45, 7) is 8.60. The summed E-state index contributed by atoms with van der Waals surface area (Å²) in [5.74, 6) is -0.781. The zero-order valence-electron chi connectivity index (χ0n) is 27.6. The number of nitrogens with zero attached hydrogens (tertiary/aromatic N) is 1. The van der Waals surface area contributed by atoms with Gasteiger partial charge >= 0.3 is 18.0 Å². The molecule has 1 saturated heterocycles. The molecule has 2 aromatic rings. The molecule has 51 heavy (non-hydrogen) atoms. The van der Waals surface area contributed by atoms with Crippen LogP contribution in [0.2, 0.25) is 0 Å². The summed E-state index contributed by atoms with van der Waals surface area (Å²) in [5.41, 5.74) is 3.69. The molecule has 272 valence electrons. The van der Waals surface area contributed by atoms with Gasteiger partial charge in [0.1, 0.15) is 5.60 Å². The van der Waals surface area contributed by atoms with Crippen molar-refractivity contribution in [1.29, 1.82) is 0 Å². The molecule has 2 amide bonds. The van der Waals surface area contributed by atoms with Crippen LogP contribution in [0.3, 0.4) is 0 Å². The van der Waals surface area contributed by atoms with Crippen molar-refractivity contribution in [3.8, 4) is 0 Å². The lowest BCUT2D eigenvalue weighted by molar-refractivity contribution is -0.153. The number of esters is 2. The Hall–Kier alpha value is -4.49. The number of hydrogen-bond acceptors (Lipinski definition) is 12. The van der Waals surface area contributed by atoms with Crippen LogP contribution < -0.4 is 0 Å². The summed E-state index contributed by atoms with van der Waals surface area (Å²) < 4.78 is 26.6. The molecule has 0 spiro atoms. The van der Waals surface area contributed by atoms with Gasteiger partial charge in [0.05, 0.1) is 24.1 Å². The smallest absolute Gasteiger partial charge is 0.417 e. The van der Waals surface area contributed by atoms with E-state index in [0.29, 0.717) is 35.5 Å². The topological polar surface area (TPSA) is 135 Å². The van der Waals surface area contributed by atoms with E-state index >= 15 is 0 Å². The first-order valence-corrected chi connectivity index (χ1v) is 17.8. The number of cyclic esters (lactones) is 2. The van der Waals surface area contributed by atoms with Gasteiger partial charge in [-0.15, -0.1) is 22.7 Å². The molecule has 2 aromatic heterocycles. The number of thiophene rings is 2. The first-order chi connectivity index (χ1) is 23.3. The van der Waals surface area contributed by atoms with E-state index in [0.717, 1.165) is 22.4 Å². The molecule has 1 saturated carbocycles. The number of amides is 2. The van der Waals surface area contributed by atoms with E-state index in [9.17, 15) is 24.0 Å². The highest BCUT2D eigenvalue weighted by Gasteiger charge is 2.54. The minimum absolute atomic E-state index is 0. The predicted octanol–water partition coefficient (Wildman–Crippen LogP) is 7.45. The third kappa shape index (κ3) is 7.05. The van der Waals surface area contributed by atoms with Crippen molar-refractivity contribution in [3.05, 3.63) is 90.7 Å². The van der Waals surface area contributed by atoms with Crippen molar-refractivity contribution in [1.82, 2.24) is 4.90 Å². The van der Waals surface area contributed by atoms with Gasteiger partial charge in [-0.2, -0.15) is 0 Å². The van der Waals surface area contributed by atoms with Crippen LogP contribution in [0.15, 0.2) is 69.9 Å². The van der Waals surface area contributed by atoms with Crippen LogP contribution in [0, 0.1) is 11.8 Å². The molecule has 2 fully saturated rings. The third-order valence-electron chi connectivity index (χ3n) is 9.34. The Morgan fingerprint density at radius 1 is 0.784 bits per heavy atom. The van der Waals surface area contributed by atoms with E-state index in [1.165, 1.54) is 27.9 Å². The van der Waals surface area contributed by atoms with E-state index < -0.39 is 42.2 Å². The molecule has 11 nitrogen and oxygen atoms in total. The first-order valence-electron chi connectivity index (χ1n) is 16.0. The van der Waals surface area contributed by atoms with Gasteiger partial charge < -0.3 is 23.7 Å². The Morgan fingerprint density at radius 2 is 1.31 bits per heavy atom. The van der Waals surface area contributed by atoms with E-state index in [2.05, 4.69) is 11.4 Å². The first kappa shape index (κ1) is 37.8. The van der Waals surface area contributed by atoms with Gasteiger partial charge in [-0.25, -0.2) is 19.3 Å². The second-order valence-corrected chi connectivity index (χ2v) is 15.7. The van der Waals surface area contributed by atoms with Crippen LogP contribution in [0.4, 0.5) is 4.79 Å². The third-order valence-corrected chi connectivity index (χ3v) is 11.3. The molecule has 6 aliphatic rings. The zero-order chi connectivity index (χ0) is 34.8. The minimum Gasteiger partial charge on any atom is -0.458 e. The highest BCUT2D eigenvalue weighted by atomic mass is 32.1. The molecular weight excluding hydrogens is 695 g/mol. The maximum absolute atomic E-state index is 13.1. The number of ether oxygens (including phenoxy) is 5. The number of Topliss-reactive ketones (excluding diaryl/α,β-unsaturated/α-hetero) is 1. The predicted molar refractivity (Wildman–Crippen MR) is 190 cm³/mol. The highest BCUT2D eigenvalue weighted by molar-refractivity contribution is 7.10. The lowest BCUT2D eigenvalue weighted by atomic mass is 9.95. The van der Waals surface area contributed by atoms with Crippen molar-refractivity contribution >= 4 is 52.4 Å². The van der Waals surface area contributed by atoms with Crippen molar-refractivity contribution < 1.29 is 47.7 Å². The molecule has 0 N–H and O–H groups in total. The number of imide groups is 1. The van der Waals surface area contributed by atoms with E-state index in [4.69, 9.17) is 23.7 Å². The summed E-state index contributed by atoms with van der Waals surface area (Å²) in [4.78, 5) is 64.5. The van der Waals surface area contributed by atoms with Crippen LogP contribution in [-0.2, 0) is 55.7 Å². The number of allylic oxidation sites excluding steroid dienone is 1. The number of hydrogen-bond donors (Lipinski definition) is 0. The van der Waals surface area contributed by atoms with Gasteiger partial charge in [0.2, 0.25) is 0 Å². The maximum Gasteiger partial charge on any atom is 0.417 e. The fourth-order valence-corrected chi connectivity index (χ4v) is 9.05. The van der Waals surface area contributed by atoms with Gasteiger partial charge in [-0.3, -0.25) is 9.59 Å². The lowest BCUT2D eigenvalue weighted by Crippen LogP contribution is -2.39. The van der Waals surface area contributed by atoms with Crippen LogP contribution >= 0.6 is 22.7 Å². The zero-order valence-corrected chi connectivity index (χ0v) is 29.2. The average molecular weight is 738 g/mol. The Morgan fingerprint density at radius 3 is 1.86 bits per heavy atom. The van der Waals surface area contributed by atoms with E-state index in [1.54, 1.807) is 69.4 Å². The van der Waals surface area contributed by atoms with Crippen LogP contribution in [0.5, 0.6) is 0 Å². The summed E-state index contributed by atoms with van der Waals surface area (Å²) in [6, 6.07) is 3.68. The Labute approximate surface area is 305 Å². The van der Waals surface area contributed by atoms with Gasteiger partial charge in [0.15, 0.2) is 5.78 Å². The fourth-order valence-electron chi connectivity index (χ4n) is 7.06. The Kier molecular flexibility index (Phi) is 10.6. The fraction of sp³-hybridized carbons (Fsp3) is 0.447. The number of ketones is 1. The van der Waals surface area contributed by atoms with Crippen LogP contribution in [0.25, 0.3) is 0 Å². The largest absolute Gasteiger partial charge is 0.458 e. The maximum atomic E-state index is 13.1. The highest BCUT2D eigenvalue weighted by Crippen LogP contribution is 2.52. The molecule has 13 heteroatoms. The molecular formula is C38H43NO10S2. The molecule has 3 aliphatic carbocycles. The summed E-state index contributed by atoms with van der Waals surface area (Å²) >= 11 is 3.36. The molecule has 8 rings (SSSR count). The van der Waals surface area contributed by atoms with Crippen molar-refractivity contribution in [2.45, 2.75) is 98.9 Å². The molecule has 0 aromatic carbocycles. The van der Waals surface area contributed by atoms with E-state index in [-0.39, 0.29) is 38.4 Å². The molecule has 0 radical (unpaired) electrons. The molecule has 0 unspecified atom stereocenters. The Balaban J connectivity index is 0.000000197. The minimum atomic E-state index is -0.864. The number of fused-ring (bicyclic) bond motifs is 6. The quantitative estimate of drug-likeness (QED) is 0.135.